The second-order valence-corrected chi connectivity index (χ2v) is 8.94. The molecule has 10 heteroatoms. The third-order valence-corrected chi connectivity index (χ3v) is 5.93. The van der Waals surface area contributed by atoms with E-state index in [0.717, 1.165) is 16.1 Å². The average Bonchev–Trinajstić information content (AvgIpc) is 2.67. The molecule has 1 amide bonds. The molecule has 2 aromatic carbocycles. The lowest BCUT2D eigenvalue weighted by atomic mass is 10.2. The molecule has 0 fully saturated rings. The molecule has 0 aromatic heterocycles. The van der Waals surface area contributed by atoms with E-state index in [2.05, 4.69) is 5.32 Å². The van der Waals surface area contributed by atoms with Gasteiger partial charge in [0, 0.05) is 11.6 Å². The van der Waals surface area contributed by atoms with Crippen LogP contribution >= 0.6 is 23.2 Å². The molecule has 0 saturated heterocycles. The summed E-state index contributed by atoms with van der Waals surface area (Å²) in [6.45, 7) is 1.65. The molecule has 0 aliphatic heterocycles. The normalized spacial score (nSPS) is 12.2. The lowest BCUT2D eigenvalue weighted by Gasteiger charge is -2.29. The van der Waals surface area contributed by atoms with E-state index in [1.54, 1.807) is 18.2 Å². The van der Waals surface area contributed by atoms with Gasteiger partial charge in [0.25, 0.3) is 0 Å². The number of benzene rings is 2. The SMILES string of the molecule is COc1ccc(CNC(=O)[C@@H](C)N(c2cc(Cl)ccc2Cl)S(C)(=O)=O)cc1OC. The highest BCUT2D eigenvalue weighted by molar-refractivity contribution is 7.92. The quantitative estimate of drug-likeness (QED) is 0.651. The van der Waals surface area contributed by atoms with Crippen molar-refractivity contribution in [3.63, 3.8) is 0 Å². The number of anilines is 1. The molecule has 0 bridgehead atoms. The van der Waals surface area contributed by atoms with Crippen LogP contribution in [0.3, 0.4) is 0 Å². The van der Waals surface area contributed by atoms with Gasteiger partial charge in [-0.1, -0.05) is 29.3 Å². The molecule has 1 N–H and O–H groups in total. The van der Waals surface area contributed by atoms with E-state index < -0.39 is 22.0 Å². The molecule has 0 heterocycles. The van der Waals surface area contributed by atoms with Crippen LogP contribution in [0.4, 0.5) is 5.69 Å². The van der Waals surface area contributed by atoms with Crippen molar-refractivity contribution in [3.05, 3.63) is 52.0 Å². The van der Waals surface area contributed by atoms with Crippen molar-refractivity contribution >= 4 is 44.8 Å². The second-order valence-electron chi connectivity index (χ2n) is 6.24. The first-order valence-corrected chi connectivity index (χ1v) is 11.1. The molecule has 0 aliphatic rings. The molecule has 2 rings (SSSR count). The largest absolute Gasteiger partial charge is 0.493 e. The Labute approximate surface area is 180 Å². The van der Waals surface area contributed by atoms with E-state index >= 15 is 0 Å². The smallest absolute Gasteiger partial charge is 0.243 e. The lowest BCUT2D eigenvalue weighted by Crippen LogP contribution is -2.47. The van der Waals surface area contributed by atoms with Gasteiger partial charge in [-0.15, -0.1) is 0 Å². The number of sulfonamides is 1. The Morgan fingerprint density at radius 2 is 1.76 bits per heavy atom. The third-order valence-electron chi connectivity index (χ3n) is 4.15. The maximum Gasteiger partial charge on any atom is 0.243 e. The van der Waals surface area contributed by atoms with Crippen LogP contribution in [0.5, 0.6) is 11.5 Å². The summed E-state index contributed by atoms with van der Waals surface area (Å²) in [5.41, 5.74) is 0.894. The first kappa shape index (κ1) is 23.1. The number of nitrogens with zero attached hydrogens (tertiary/aromatic N) is 1. The topological polar surface area (TPSA) is 84.9 Å². The van der Waals surface area contributed by atoms with Gasteiger partial charge in [0.2, 0.25) is 15.9 Å². The van der Waals surface area contributed by atoms with Crippen LogP contribution in [-0.2, 0) is 21.4 Å². The zero-order valence-corrected chi connectivity index (χ0v) is 18.7. The van der Waals surface area contributed by atoms with Crippen molar-refractivity contribution < 1.29 is 22.7 Å². The molecule has 1 atom stereocenters. The molecule has 0 saturated carbocycles. The minimum Gasteiger partial charge on any atom is -0.493 e. The fourth-order valence-electron chi connectivity index (χ4n) is 2.76. The summed E-state index contributed by atoms with van der Waals surface area (Å²) >= 11 is 12.1. The Bertz CT molecular complexity index is 998. The van der Waals surface area contributed by atoms with Crippen LogP contribution in [0, 0.1) is 0 Å². The van der Waals surface area contributed by atoms with Crippen LogP contribution in [-0.4, -0.2) is 40.8 Å². The number of halogens is 2. The van der Waals surface area contributed by atoms with Crippen molar-refractivity contribution in [1.29, 1.82) is 0 Å². The van der Waals surface area contributed by atoms with Crippen LogP contribution < -0.4 is 19.1 Å². The molecule has 7 nitrogen and oxygen atoms in total. The number of carbonyl (C=O) groups excluding carboxylic acids is 1. The van der Waals surface area contributed by atoms with Gasteiger partial charge in [0.15, 0.2) is 11.5 Å². The minimum atomic E-state index is -3.81. The fourth-order valence-corrected chi connectivity index (χ4v) is 4.37. The summed E-state index contributed by atoms with van der Waals surface area (Å²) in [6.07, 6.45) is 1.00. The summed E-state index contributed by atoms with van der Waals surface area (Å²) in [6, 6.07) is 8.59. The van der Waals surface area contributed by atoms with E-state index in [-0.39, 0.29) is 17.3 Å². The van der Waals surface area contributed by atoms with E-state index in [9.17, 15) is 13.2 Å². The summed E-state index contributed by atoms with van der Waals surface area (Å²) in [5, 5.41) is 3.19. The van der Waals surface area contributed by atoms with E-state index in [1.807, 2.05) is 0 Å². The number of rotatable bonds is 8. The van der Waals surface area contributed by atoms with Crippen molar-refractivity contribution in [2.75, 3.05) is 24.8 Å². The van der Waals surface area contributed by atoms with E-state index in [4.69, 9.17) is 32.7 Å². The Hall–Kier alpha value is -2.16. The molecule has 0 aliphatic carbocycles. The summed E-state index contributed by atoms with van der Waals surface area (Å²) < 4.78 is 36.1. The molecule has 158 valence electrons. The maximum absolute atomic E-state index is 12.7. The number of hydrogen-bond acceptors (Lipinski definition) is 5. The number of amides is 1. The molecule has 0 spiro atoms. The Kier molecular flexibility index (Phi) is 7.62. The highest BCUT2D eigenvalue weighted by Gasteiger charge is 2.30. The van der Waals surface area contributed by atoms with Crippen molar-refractivity contribution in [2.45, 2.75) is 19.5 Å². The zero-order chi connectivity index (χ0) is 21.8. The predicted octanol–water partition coefficient (Wildman–Crippen LogP) is 3.48. The van der Waals surface area contributed by atoms with Gasteiger partial charge in [-0.2, -0.15) is 0 Å². The summed E-state index contributed by atoms with van der Waals surface area (Å²) in [7, 11) is -0.767. The first-order valence-electron chi connectivity index (χ1n) is 8.51. The van der Waals surface area contributed by atoms with Crippen LogP contribution in [0.2, 0.25) is 10.0 Å². The molecular formula is C19H22Cl2N2O5S. The van der Waals surface area contributed by atoms with Crippen molar-refractivity contribution in [1.82, 2.24) is 5.32 Å². The minimum absolute atomic E-state index is 0.135. The number of methoxy groups -OCH3 is 2. The van der Waals surface area contributed by atoms with Crippen molar-refractivity contribution in [3.8, 4) is 11.5 Å². The average molecular weight is 461 g/mol. The van der Waals surface area contributed by atoms with E-state index in [0.29, 0.717) is 16.5 Å². The Balaban J connectivity index is 2.23. The monoisotopic (exact) mass is 460 g/mol. The number of ether oxygens (including phenoxy) is 2. The zero-order valence-electron chi connectivity index (χ0n) is 16.4. The van der Waals surface area contributed by atoms with Gasteiger partial charge in [-0.25, -0.2) is 8.42 Å². The standard InChI is InChI=1S/C19H22Cl2N2O5S/c1-12(23(29(4,25)26)16-10-14(20)6-7-15(16)21)19(24)22-11-13-5-8-17(27-2)18(9-13)28-3/h5-10,12H,11H2,1-4H3,(H,22,24)/t12-/m1/s1. The van der Waals surface area contributed by atoms with Crippen molar-refractivity contribution in [2.24, 2.45) is 0 Å². The number of nitrogens with one attached hydrogen (secondary N) is 1. The highest BCUT2D eigenvalue weighted by atomic mass is 35.5. The van der Waals surface area contributed by atoms with Crippen LogP contribution in [0.15, 0.2) is 36.4 Å². The highest BCUT2D eigenvalue weighted by Crippen LogP contribution is 2.32. The molecule has 0 unspecified atom stereocenters. The third kappa shape index (κ3) is 5.68. The van der Waals surface area contributed by atoms with Gasteiger partial charge in [0.05, 0.1) is 31.2 Å². The van der Waals surface area contributed by atoms with Crippen LogP contribution in [0.25, 0.3) is 0 Å². The number of carbonyl (C=O) groups is 1. The first-order chi connectivity index (χ1) is 13.6. The van der Waals surface area contributed by atoms with Gasteiger partial charge >= 0.3 is 0 Å². The Morgan fingerprint density at radius 3 is 2.34 bits per heavy atom. The maximum atomic E-state index is 12.7. The Morgan fingerprint density at radius 1 is 1.10 bits per heavy atom. The molecule has 0 radical (unpaired) electrons. The molecular weight excluding hydrogens is 439 g/mol. The summed E-state index contributed by atoms with van der Waals surface area (Å²) in [5.74, 6) is 0.590. The lowest BCUT2D eigenvalue weighted by molar-refractivity contribution is -0.122. The van der Waals surface area contributed by atoms with Gasteiger partial charge < -0.3 is 14.8 Å². The van der Waals surface area contributed by atoms with Gasteiger partial charge in [-0.05, 0) is 42.8 Å². The summed E-state index contributed by atoms with van der Waals surface area (Å²) in [4.78, 5) is 12.7. The fraction of sp³-hybridized carbons (Fsp3) is 0.316. The number of hydrogen-bond donors (Lipinski definition) is 1. The predicted molar refractivity (Wildman–Crippen MR) is 115 cm³/mol. The van der Waals surface area contributed by atoms with Gasteiger partial charge in [-0.3, -0.25) is 9.10 Å². The van der Waals surface area contributed by atoms with Crippen LogP contribution in [0.1, 0.15) is 12.5 Å². The van der Waals surface area contributed by atoms with Gasteiger partial charge in [0.1, 0.15) is 6.04 Å². The van der Waals surface area contributed by atoms with E-state index in [1.165, 1.54) is 39.3 Å². The second kappa shape index (κ2) is 9.56. The molecule has 2 aromatic rings. The molecule has 29 heavy (non-hydrogen) atoms.